The molecule has 31 heavy (non-hydrogen) atoms. The molecule has 1 fully saturated rings. The topological polar surface area (TPSA) is 71.1 Å². The Morgan fingerprint density at radius 3 is 2.90 bits per heavy atom. The zero-order chi connectivity index (χ0) is 21.2. The number of thiazole rings is 1. The fourth-order valence-electron chi connectivity index (χ4n) is 4.29. The largest absolute Gasteiger partial charge is 0.497 e. The highest BCUT2D eigenvalue weighted by Gasteiger charge is 2.26. The van der Waals surface area contributed by atoms with E-state index in [1.807, 2.05) is 34.5 Å². The number of benzene rings is 1. The van der Waals surface area contributed by atoms with Crippen LogP contribution in [0.2, 0.25) is 0 Å². The summed E-state index contributed by atoms with van der Waals surface area (Å²) in [4.78, 5) is 27.2. The third-order valence-electron chi connectivity index (χ3n) is 5.98. The SMILES string of the molecule is COc1ccc2[nH]cc(C3CCN(C(=O)Cc4csc(-c5ccccn5)n4)CC3)c2c1. The number of fused-ring (bicyclic) bond motifs is 1. The molecular weight excluding hydrogens is 408 g/mol. The fraction of sp³-hybridized carbons (Fsp3) is 0.292. The van der Waals surface area contributed by atoms with Crippen LogP contribution >= 0.6 is 11.3 Å². The van der Waals surface area contributed by atoms with Crippen LogP contribution in [0.15, 0.2) is 54.2 Å². The minimum absolute atomic E-state index is 0.150. The zero-order valence-corrected chi connectivity index (χ0v) is 18.2. The molecule has 1 aliphatic heterocycles. The predicted molar refractivity (Wildman–Crippen MR) is 122 cm³/mol. The number of hydrogen-bond donors (Lipinski definition) is 1. The van der Waals surface area contributed by atoms with Crippen LogP contribution in [0.5, 0.6) is 5.75 Å². The Bertz CT molecular complexity index is 1190. The molecule has 0 radical (unpaired) electrons. The molecule has 158 valence electrons. The van der Waals surface area contributed by atoms with Crippen molar-refractivity contribution in [2.75, 3.05) is 20.2 Å². The van der Waals surface area contributed by atoms with Gasteiger partial charge in [0.1, 0.15) is 10.8 Å². The average molecular weight is 433 g/mol. The molecule has 0 saturated carbocycles. The molecule has 3 aromatic heterocycles. The molecule has 0 unspecified atom stereocenters. The number of aromatic nitrogens is 3. The Hall–Kier alpha value is -3.19. The van der Waals surface area contributed by atoms with Crippen molar-refractivity contribution in [3.8, 4) is 16.5 Å². The van der Waals surface area contributed by atoms with Crippen molar-refractivity contribution < 1.29 is 9.53 Å². The van der Waals surface area contributed by atoms with E-state index in [0.717, 1.165) is 53.6 Å². The number of nitrogens with one attached hydrogen (secondary N) is 1. The maximum Gasteiger partial charge on any atom is 0.228 e. The van der Waals surface area contributed by atoms with Crippen LogP contribution in [0.3, 0.4) is 0 Å². The Balaban J connectivity index is 1.22. The van der Waals surface area contributed by atoms with Gasteiger partial charge in [-0.15, -0.1) is 11.3 Å². The van der Waals surface area contributed by atoms with E-state index < -0.39 is 0 Å². The van der Waals surface area contributed by atoms with Gasteiger partial charge in [0, 0.05) is 41.8 Å². The number of pyridine rings is 1. The van der Waals surface area contributed by atoms with Crippen molar-refractivity contribution in [1.82, 2.24) is 19.9 Å². The van der Waals surface area contributed by atoms with Crippen LogP contribution in [0.25, 0.3) is 21.6 Å². The van der Waals surface area contributed by atoms with Gasteiger partial charge in [0.05, 0.1) is 24.9 Å². The normalized spacial score (nSPS) is 14.8. The van der Waals surface area contributed by atoms with E-state index in [-0.39, 0.29) is 5.91 Å². The third kappa shape index (κ3) is 4.05. The van der Waals surface area contributed by atoms with E-state index >= 15 is 0 Å². The number of piperidine rings is 1. The van der Waals surface area contributed by atoms with E-state index in [4.69, 9.17) is 4.74 Å². The monoisotopic (exact) mass is 432 g/mol. The van der Waals surface area contributed by atoms with Gasteiger partial charge < -0.3 is 14.6 Å². The maximum absolute atomic E-state index is 12.9. The van der Waals surface area contributed by atoms with Gasteiger partial charge in [-0.25, -0.2) is 4.98 Å². The van der Waals surface area contributed by atoms with Crippen molar-refractivity contribution in [3.63, 3.8) is 0 Å². The quantitative estimate of drug-likeness (QED) is 0.499. The van der Waals surface area contributed by atoms with Crippen molar-refractivity contribution in [2.24, 2.45) is 0 Å². The summed E-state index contributed by atoms with van der Waals surface area (Å²) in [5.41, 5.74) is 4.12. The van der Waals surface area contributed by atoms with E-state index in [0.29, 0.717) is 12.3 Å². The van der Waals surface area contributed by atoms with Gasteiger partial charge in [0.25, 0.3) is 0 Å². The lowest BCUT2D eigenvalue weighted by atomic mass is 9.89. The molecule has 4 heterocycles. The Morgan fingerprint density at radius 2 is 2.13 bits per heavy atom. The van der Waals surface area contributed by atoms with Gasteiger partial charge in [0.2, 0.25) is 5.91 Å². The van der Waals surface area contributed by atoms with E-state index in [1.54, 1.807) is 13.3 Å². The third-order valence-corrected chi connectivity index (χ3v) is 6.89. The molecule has 6 nitrogen and oxygen atoms in total. The molecule has 0 atom stereocenters. The number of ether oxygens (including phenoxy) is 1. The molecule has 1 saturated heterocycles. The smallest absolute Gasteiger partial charge is 0.228 e. The Labute approximate surface area is 184 Å². The first-order valence-corrected chi connectivity index (χ1v) is 11.4. The molecule has 1 N–H and O–H groups in total. The number of nitrogens with zero attached hydrogens (tertiary/aromatic N) is 3. The summed E-state index contributed by atoms with van der Waals surface area (Å²) >= 11 is 1.54. The molecule has 1 aliphatic rings. The highest BCUT2D eigenvalue weighted by molar-refractivity contribution is 7.13. The number of carbonyl (C=O) groups is 1. The highest BCUT2D eigenvalue weighted by atomic mass is 32.1. The van der Waals surface area contributed by atoms with Crippen molar-refractivity contribution in [3.05, 3.63) is 65.4 Å². The predicted octanol–water partition coefficient (Wildman–Crippen LogP) is 4.64. The lowest BCUT2D eigenvalue weighted by molar-refractivity contribution is -0.131. The standard InChI is InChI=1S/C24H24N4O2S/c1-30-18-5-6-21-19(13-18)20(14-26-21)16-7-10-28(11-8-16)23(29)12-17-15-31-24(27-17)22-4-2-3-9-25-22/h2-6,9,13-16,26H,7-8,10-12H2,1H3. The Kier molecular flexibility index (Phi) is 5.42. The number of hydrogen-bond acceptors (Lipinski definition) is 5. The molecule has 0 bridgehead atoms. The second kappa shape index (κ2) is 8.51. The summed E-state index contributed by atoms with van der Waals surface area (Å²) in [6.45, 7) is 1.55. The molecule has 7 heteroatoms. The van der Waals surface area contributed by atoms with E-state index in [1.165, 1.54) is 22.3 Å². The van der Waals surface area contributed by atoms with Crippen LogP contribution in [0.1, 0.15) is 30.0 Å². The van der Waals surface area contributed by atoms with Gasteiger partial charge in [-0.1, -0.05) is 6.07 Å². The first-order valence-electron chi connectivity index (χ1n) is 10.5. The number of H-pyrrole nitrogens is 1. The summed E-state index contributed by atoms with van der Waals surface area (Å²) in [6.07, 6.45) is 6.15. The fourth-order valence-corrected chi connectivity index (χ4v) is 5.08. The lowest BCUT2D eigenvalue weighted by Crippen LogP contribution is -2.38. The molecule has 4 aromatic rings. The summed E-state index contributed by atoms with van der Waals surface area (Å²) < 4.78 is 5.39. The van der Waals surface area contributed by atoms with Gasteiger partial charge >= 0.3 is 0 Å². The second-order valence-electron chi connectivity index (χ2n) is 7.85. The number of likely N-dealkylation sites (tertiary alicyclic amines) is 1. The van der Waals surface area contributed by atoms with E-state index in [9.17, 15) is 4.79 Å². The summed E-state index contributed by atoms with van der Waals surface area (Å²) in [7, 11) is 1.69. The number of methoxy groups -OCH3 is 1. The zero-order valence-electron chi connectivity index (χ0n) is 17.4. The van der Waals surface area contributed by atoms with Crippen LogP contribution in [-0.4, -0.2) is 46.0 Å². The van der Waals surface area contributed by atoms with Crippen molar-refractivity contribution in [2.45, 2.75) is 25.2 Å². The first kappa shape index (κ1) is 19.8. The second-order valence-corrected chi connectivity index (χ2v) is 8.70. The molecule has 0 aliphatic carbocycles. The molecular formula is C24H24N4O2S. The first-order chi connectivity index (χ1) is 15.2. The average Bonchev–Trinajstić information content (AvgIpc) is 3.46. The molecule has 5 rings (SSSR count). The van der Waals surface area contributed by atoms with Crippen molar-refractivity contribution in [1.29, 1.82) is 0 Å². The van der Waals surface area contributed by atoms with Gasteiger partial charge in [-0.2, -0.15) is 0 Å². The highest BCUT2D eigenvalue weighted by Crippen LogP contribution is 2.35. The van der Waals surface area contributed by atoms with Crippen LogP contribution in [0, 0.1) is 0 Å². The minimum Gasteiger partial charge on any atom is -0.497 e. The minimum atomic E-state index is 0.150. The summed E-state index contributed by atoms with van der Waals surface area (Å²) in [6, 6.07) is 11.9. The number of carbonyl (C=O) groups excluding carboxylic acids is 1. The molecule has 1 aromatic carbocycles. The molecule has 1 amide bonds. The molecule has 0 spiro atoms. The van der Waals surface area contributed by atoms with Gasteiger partial charge in [0.15, 0.2) is 0 Å². The van der Waals surface area contributed by atoms with E-state index in [2.05, 4.69) is 33.3 Å². The van der Waals surface area contributed by atoms with Gasteiger partial charge in [-0.3, -0.25) is 9.78 Å². The van der Waals surface area contributed by atoms with Crippen LogP contribution < -0.4 is 4.74 Å². The summed E-state index contributed by atoms with van der Waals surface area (Å²) in [5.74, 6) is 1.46. The number of amides is 1. The van der Waals surface area contributed by atoms with Crippen LogP contribution in [0.4, 0.5) is 0 Å². The maximum atomic E-state index is 12.9. The van der Waals surface area contributed by atoms with Crippen LogP contribution in [-0.2, 0) is 11.2 Å². The summed E-state index contributed by atoms with van der Waals surface area (Å²) in [5, 5.41) is 4.04. The van der Waals surface area contributed by atoms with Gasteiger partial charge in [-0.05, 0) is 54.7 Å². The Morgan fingerprint density at radius 1 is 1.26 bits per heavy atom. The number of aromatic amines is 1. The van der Waals surface area contributed by atoms with Crippen molar-refractivity contribution >= 4 is 28.1 Å². The number of rotatable bonds is 5. The lowest BCUT2D eigenvalue weighted by Gasteiger charge is -2.32.